The number of aromatic nitrogens is 3. The molecule has 0 radical (unpaired) electrons. The van der Waals surface area contributed by atoms with E-state index in [1.54, 1.807) is 19.3 Å². The van der Waals surface area contributed by atoms with Crippen molar-refractivity contribution in [3.8, 4) is 11.4 Å². The van der Waals surface area contributed by atoms with E-state index in [-0.39, 0.29) is 11.7 Å². The van der Waals surface area contributed by atoms with E-state index in [0.29, 0.717) is 11.7 Å². The molecule has 0 aromatic carbocycles. The van der Waals surface area contributed by atoms with E-state index in [0.717, 1.165) is 10.0 Å². The van der Waals surface area contributed by atoms with E-state index in [2.05, 4.69) is 31.1 Å². The maximum absolute atomic E-state index is 11.2. The van der Waals surface area contributed by atoms with Crippen LogP contribution in [-0.4, -0.2) is 20.9 Å². The monoisotopic (exact) mass is 295 g/mol. The fraction of sp³-hybridized carbons (Fsp3) is 0.273. The van der Waals surface area contributed by atoms with Gasteiger partial charge in [0.2, 0.25) is 11.7 Å². The zero-order chi connectivity index (χ0) is 12.4. The van der Waals surface area contributed by atoms with Crippen LogP contribution in [0, 0.1) is 0 Å². The summed E-state index contributed by atoms with van der Waals surface area (Å²) in [5.41, 5.74) is 0.741. The van der Waals surface area contributed by atoms with Crippen LogP contribution in [-0.2, 0) is 4.79 Å². The SMILES string of the molecule is CC(=O)C(C)c1nc(-c2cncc(Br)c2)no1. The van der Waals surface area contributed by atoms with Gasteiger partial charge in [0, 0.05) is 22.4 Å². The van der Waals surface area contributed by atoms with Crippen LogP contribution in [0.4, 0.5) is 0 Å². The van der Waals surface area contributed by atoms with Gasteiger partial charge in [-0.3, -0.25) is 9.78 Å². The number of hydrogen-bond acceptors (Lipinski definition) is 5. The predicted octanol–water partition coefficient (Wildman–Crippen LogP) is 2.59. The highest BCUT2D eigenvalue weighted by Gasteiger charge is 2.18. The van der Waals surface area contributed by atoms with E-state index >= 15 is 0 Å². The number of carbonyl (C=O) groups excluding carboxylic acids is 1. The van der Waals surface area contributed by atoms with E-state index in [4.69, 9.17) is 4.52 Å². The van der Waals surface area contributed by atoms with Gasteiger partial charge in [-0.15, -0.1) is 0 Å². The Morgan fingerprint density at radius 1 is 1.47 bits per heavy atom. The van der Waals surface area contributed by atoms with E-state index < -0.39 is 0 Å². The quantitative estimate of drug-likeness (QED) is 0.870. The van der Waals surface area contributed by atoms with Crippen LogP contribution in [0.25, 0.3) is 11.4 Å². The van der Waals surface area contributed by atoms with Crippen LogP contribution >= 0.6 is 15.9 Å². The lowest BCUT2D eigenvalue weighted by Gasteiger charge is -1.98. The van der Waals surface area contributed by atoms with E-state index in [9.17, 15) is 4.79 Å². The summed E-state index contributed by atoms with van der Waals surface area (Å²) in [4.78, 5) is 19.4. The average Bonchev–Trinajstić information content (AvgIpc) is 2.77. The van der Waals surface area contributed by atoms with Crippen LogP contribution in [0.1, 0.15) is 25.7 Å². The smallest absolute Gasteiger partial charge is 0.237 e. The molecule has 0 saturated carbocycles. The minimum atomic E-state index is -0.378. The molecule has 0 saturated heterocycles. The van der Waals surface area contributed by atoms with E-state index in [1.807, 2.05) is 6.07 Å². The number of ketones is 1. The van der Waals surface area contributed by atoms with Crippen LogP contribution < -0.4 is 0 Å². The number of pyridine rings is 1. The standard InChI is InChI=1S/C11H10BrN3O2/c1-6(7(2)16)11-14-10(15-17-11)8-3-9(12)5-13-4-8/h3-6H,1-2H3. The molecule has 0 aliphatic rings. The molecular weight excluding hydrogens is 286 g/mol. The highest BCUT2D eigenvalue weighted by molar-refractivity contribution is 9.10. The normalized spacial score (nSPS) is 12.4. The van der Waals surface area contributed by atoms with Gasteiger partial charge in [-0.2, -0.15) is 4.98 Å². The Morgan fingerprint density at radius 2 is 2.24 bits per heavy atom. The van der Waals surface area contributed by atoms with Gasteiger partial charge in [0.25, 0.3) is 0 Å². The molecule has 2 aromatic heterocycles. The number of rotatable bonds is 3. The molecule has 88 valence electrons. The minimum absolute atomic E-state index is 0.00688. The number of halogens is 1. The van der Waals surface area contributed by atoms with Gasteiger partial charge in [-0.1, -0.05) is 5.16 Å². The first-order chi connectivity index (χ1) is 8.08. The van der Waals surface area contributed by atoms with E-state index in [1.165, 1.54) is 6.92 Å². The highest BCUT2D eigenvalue weighted by Crippen LogP contribution is 2.21. The summed E-state index contributed by atoms with van der Waals surface area (Å²) in [6, 6.07) is 1.83. The molecule has 0 aliphatic heterocycles. The van der Waals surface area contributed by atoms with Gasteiger partial charge in [0.1, 0.15) is 5.78 Å². The highest BCUT2D eigenvalue weighted by atomic mass is 79.9. The molecule has 5 nitrogen and oxygen atoms in total. The Labute approximate surface area is 106 Å². The molecule has 2 rings (SSSR count). The molecule has 17 heavy (non-hydrogen) atoms. The molecule has 0 aliphatic carbocycles. The third-order valence-electron chi connectivity index (χ3n) is 2.39. The fourth-order valence-corrected chi connectivity index (χ4v) is 1.60. The minimum Gasteiger partial charge on any atom is -0.338 e. The first-order valence-corrected chi connectivity index (χ1v) is 5.82. The Kier molecular flexibility index (Phi) is 3.33. The summed E-state index contributed by atoms with van der Waals surface area (Å²) >= 11 is 3.32. The van der Waals surface area contributed by atoms with Gasteiger partial charge >= 0.3 is 0 Å². The van der Waals surface area contributed by atoms with Crippen molar-refractivity contribution in [2.75, 3.05) is 0 Å². The second kappa shape index (κ2) is 4.75. The summed E-state index contributed by atoms with van der Waals surface area (Å²) in [5, 5.41) is 3.83. The molecule has 2 heterocycles. The van der Waals surface area contributed by atoms with Gasteiger partial charge in [-0.05, 0) is 35.8 Å². The van der Waals surface area contributed by atoms with Crippen LogP contribution in [0.15, 0.2) is 27.5 Å². The molecule has 0 amide bonds. The molecular formula is C11H10BrN3O2. The topological polar surface area (TPSA) is 68.9 Å². The number of hydrogen-bond donors (Lipinski definition) is 0. The van der Waals surface area contributed by atoms with Crippen molar-refractivity contribution in [1.82, 2.24) is 15.1 Å². The lowest BCUT2D eigenvalue weighted by molar-refractivity contribution is -0.118. The van der Waals surface area contributed by atoms with Crippen molar-refractivity contribution in [3.05, 3.63) is 28.8 Å². The molecule has 0 N–H and O–H groups in total. The Hall–Kier alpha value is -1.56. The van der Waals surface area contributed by atoms with Gasteiger partial charge in [0.05, 0.1) is 5.92 Å². The molecule has 0 fully saturated rings. The van der Waals surface area contributed by atoms with Gasteiger partial charge in [0.15, 0.2) is 0 Å². The predicted molar refractivity (Wildman–Crippen MR) is 64.3 cm³/mol. The summed E-state index contributed by atoms with van der Waals surface area (Å²) in [7, 11) is 0. The maximum Gasteiger partial charge on any atom is 0.237 e. The van der Waals surface area contributed by atoms with Crippen molar-refractivity contribution in [1.29, 1.82) is 0 Å². The largest absolute Gasteiger partial charge is 0.338 e. The van der Waals surface area contributed by atoms with Crippen LogP contribution in [0.5, 0.6) is 0 Å². The maximum atomic E-state index is 11.2. The lowest BCUT2D eigenvalue weighted by Crippen LogP contribution is -2.04. The van der Waals surface area contributed by atoms with Crippen molar-refractivity contribution in [2.24, 2.45) is 0 Å². The van der Waals surface area contributed by atoms with Crippen molar-refractivity contribution < 1.29 is 9.32 Å². The lowest BCUT2D eigenvalue weighted by atomic mass is 10.1. The Bertz CT molecular complexity index is 553. The summed E-state index contributed by atoms with van der Waals surface area (Å²) < 4.78 is 5.89. The number of nitrogens with zero attached hydrogens (tertiary/aromatic N) is 3. The first-order valence-electron chi connectivity index (χ1n) is 5.03. The number of Topliss-reactive ketones (excluding diaryl/α,β-unsaturated/α-hetero) is 1. The molecule has 2 aromatic rings. The molecule has 0 spiro atoms. The zero-order valence-corrected chi connectivity index (χ0v) is 10.9. The van der Waals surface area contributed by atoms with Crippen molar-refractivity contribution in [3.63, 3.8) is 0 Å². The molecule has 1 unspecified atom stereocenters. The van der Waals surface area contributed by atoms with Crippen molar-refractivity contribution in [2.45, 2.75) is 19.8 Å². The second-order valence-corrected chi connectivity index (χ2v) is 4.60. The molecule has 1 atom stereocenters. The first kappa shape index (κ1) is 11.9. The summed E-state index contributed by atoms with van der Waals surface area (Å²) in [5.74, 6) is 0.373. The summed E-state index contributed by atoms with van der Waals surface area (Å²) in [6.07, 6.45) is 3.31. The van der Waals surface area contributed by atoms with Crippen LogP contribution in [0.3, 0.4) is 0 Å². The van der Waals surface area contributed by atoms with Crippen LogP contribution in [0.2, 0.25) is 0 Å². The third kappa shape index (κ3) is 2.58. The third-order valence-corrected chi connectivity index (χ3v) is 2.82. The number of carbonyl (C=O) groups is 1. The zero-order valence-electron chi connectivity index (χ0n) is 9.35. The van der Waals surface area contributed by atoms with Crippen molar-refractivity contribution >= 4 is 21.7 Å². The van der Waals surface area contributed by atoms with Gasteiger partial charge in [-0.25, -0.2) is 0 Å². The summed E-state index contributed by atoms with van der Waals surface area (Å²) in [6.45, 7) is 3.23. The van der Waals surface area contributed by atoms with Gasteiger partial charge < -0.3 is 4.52 Å². The Balaban J connectivity index is 2.33. The molecule has 6 heteroatoms. The average molecular weight is 296 g/mol. The second-order valence-electron chi connectivity index (χ2n) is 3.68. The molecule has 0 bridgehead atoms. The fourth-order valence-electron chi connectivity index (χ4n) is 1.24. The Morgan fingerprint density at radius 3 is 2.88 bits per heavy atom.